The maximum Gasteiger partial charge on any atom is 0.335 e. The highest BCUT2D eigenvalue weighted by atomic mass is 32.1. The zero-order valence-electron chi connectivity index (χ0n) is 48.7. The number of unbranched alkanes of at least 4 members (excludes halogenated alkanes) is 2. The summed E-state index contributed by atoms with van der Waals surface area (Å²) in [6, 6.07) is 56.6. The standard InChI is InChI=1S/C74H73N3O2S3/c1-9-13-15-51(11-3)45-74(46-52(12-4)16-14-10-2)71-66(43-61(80-71)36-21-53-19-22-57(23-20-53)73(78)79)67-44-68(81-72(67)74)65-40-39-64(69-70(65)76-82-75-69)56-28-34-60(35-29-56)77(58-30-24-54(25-31-58)62-37-17-47(5)41-49(62)7)59-32-26-55(27-33-59)63-38-18-48(6)42-50(63)8/h17-20,22-35,37-44,51-52H,9-16,45-46H2,1-8H3,(H,78,79). The highest BCUT2D eigenvalue weighted by molar-refractivity contribution is 7.17. The van der Waals surface area contributed by atoms with Gasteiger partial charge in [0.25, 0.3) is 0 Å². The van der Waals surface area contributed by atoms with E-state index in [4.69, 9.17) is 8.75 Å². The number of nitrogens with zero attached hydrogens (tertiary/aromatic N) is 3. The Balaban J connectivity index is 0.967. The van der Waals surface area contributed by atoms with Gasteiger partial charge in [-0.05, 0) is 175 Å². The monoisotopic (exact) mass is 1130 g/mol. The summed E-state index contributed by atoms with van der Waals surface area (Å²) in [6.07, 6.45) is 12.0. The summed E-state index contributed by atoms with van der Waals surface area (Å²) in [4.78, 5) is 19.3. The van der Waals surface area contributed by atoms with Crippen LogP contribution in [-0.2, 0) is 5.41 Å². The molecule has 1 aliphatic rings. The van der Waals surface area contributed by atoms with Crippen LogP contribution in [0.25, 0.3) is 66.0 Å². The summed E-state index contributed by atoms with van der Waals surface area (Å²) >= 11 is 5.18. The molecule has 2 unspecified atom stereocenters. The minimum Gasteiger partial charge on any atom is -0.478 e. The number of rotatable bonds is 20. The largest absolute Gasteiger partial charge is 0.478 e. The van der Waals surface area contributed by atoms with Crippen molar-refractivity contribution >= 4 is 68.5 Å². The molecule has 0 fully saturated rings. The molecular weight excluding hydrogens is 1060 g/mol. The first-order chi connectivity index (χ1) is 39.9. The molecule has 8 heteroatoms. The number of hydrogen-bond acceptors (Lipinski definition) is 7. The van der Waals surface area contributed by atoms with Crippen LogP contribution < -0.4 is 4.90 Å². The molecule has 1 aliphatic carbocycles. The first-order valence-corrected chi connectivity index (χ1v) is 31.9. The summed E-state index contributed by atoms with van der Waals surface area (Å²) in [5, 5.41) is 9.53. The summed E-state index contributed by atoms with van der Waals surface area (Å²) < 4.78 is 10.1. The van der Waals surface area contributed by atoms with Gasteiger partial charge >= 0.3 is 5.97 Å². The topological polar surface area (TPSA) is 66.3 Å². The van der Waals surface area contributed by atoms with Crippen molar-refractivity contribution in [1.82, 2.24) is 8.75 Å². The van der Waals surface area contributed by atoms with E-state index in [0.717, 1.165) is 80.9 Å². The van der Waals surface area contributed by atoms with Crippen LogP contribution in [0.1, 0.15) is 145 Å². The van der Waals surface area contributed by atoms with Gasteiger partial charge in [0, 0.05) is 53.8 Å². The van der Waals surface area contributed by atoms with Crippen molar-refractivity contribution in [3.63, 3.8) is 0 Å². The molecule has 0 bridgehead atoms. The normalized spacial score (nSPS) is 14.3. The van der Waals surface area contributed by atoms with Crippen LogP contribution >= 0.6 is 34.4 Å². The maximum absolute atomic E-state index is 11.6. The van der Waals surface area contributed by atoms with Crippen LogP contribution in [0.5, 0.6) is 0 Å². The quantitative estimate of drug-likeness (QED) is 0.0771. The van der Waals surface area contributed by atoms with E-state index < -0.39 is 5.97 Å². The van der Waals surface area contributed by atoms with Gasteiger partial charge in [-0.2, -0.15) is 8.75 Å². The number of carboxylic acids is 1. The molecule has 0 spiro atoms. The number of anilines is 3. The first-order valence-electron chi connectivity index (χ1n) is 29.5. The third-order valence-electron chi connectivity index (χ3n) is 17.2. The number of aromatic nitrogens is 2. The van der Waals surface area contributed by atoms with E-state index in [-0.39, 0.29) is 11.0 Å². The molecule has 0 aliphatic heterocycles. The Hall–Kier alpha value is -7.41. The molecule has 0 radical (unpaired) electrons. The second-order valence-corrected chi connectivity index (χ2v) is 25.5. The van der Waals surface area contributed by atoms with E-state index in [1.807, 2.05) is 34.8 Å². The SMILES string of the molecule is CCCCC(CC)CC1(CC(CC)CCCC)c2sc(C#Cc3ccc(C(=O)O)cc3)cc2-c2cc(-c3ccc(-c4ccc(N(c5ccc(-c6ccc(C)cc6C)cc5)c5ccc(-c6ccc(C)cc6C)cc5)cc4)c4nsnc34)sc21. The molecule has 7 aromatic carbocycles. The van der Waals surface area contributed by atoms with Gasteiger partial charge in [0.05, 0.1) is 22.2 Å². The van der Waals surface area contributed by atoms with Crippen molar-refractivity contribution in [2.75, 3.05) is 4.90 Å². The maximum atomic E-state index is 11.6. The Bertz CT molecular complexity index is 3850. The molecule has 3 aromatic heterocycles. The molecule has 10 aromatic rings. The second-order valence-electron chi connectivity index (χ2n) is 22.9. The molecule has 0 saturated heterocycles. The van der Waals surface area contributed by atoms with Crippen LogP contribution in [0.4, 0.5) is 17.1 Å². The number of aromatic carboxylic acids is 1. The summed E-state index contributed by atoms with van der Waals surface area (Å²) in [6.45, 7) is 18.1. The van der Waals surface area contributed by atoms with Crippen molar-refractivity contribution in [2.45, 2.75) is 125 Å². The Morgan fingerprint density at radius 2 is 0.988 bits per heavy atom. The zero-order chi connectivity index (χ0) is 57.1. The van der Waals surface area contributed by atoms with Crippen LogP contribution in [0.2, 0.25) is 0 Å². The molecule has 11 rings (SSSR count). The molecule has 3 heterocycles. The van der Waals surface area contributed by atoms with E-state index in [1.165, 1.54) is 121 Å². The van der Waals surface area contributed by atoms with Crippen LogP contribution in [0.15, 0.2) is 158 Å². The van der Waals surface area contributed by atoms with E-state index in [9.17, 15) is 9.90 Å². The molecule has 0 saturated carbocycles. The van der Waals surface area contributed by atoms with Crippen LogP contribution in [0, 0.1) is 51.4 Å². The number of hydrogen-bond donors (Lipinski definition) is 1. The molecule has 5 nitrogen and oxygen atoms in total. The van der Waals surface area contributed by atoms with Crippen molar-refractivity contribution in [3.8, 4) is 66.8 Å². The first kappa shape index (κ1) is 56.5. The lowest BCUT2D eigenvalue weighted by Gasteiger charge is -2.37. The Morgan fingerprint density at radius 1 is 0.524 bits per heavy atom. The number of aryl methyl sites for hydroxylation is 4. The number of carbonyl (C=O) groups is 1. The summed E-state index contributed by atoms with van der Waals surface area (Å²) in [7, 11) is 0. The summed E-state index contributed by atoms with van der Waals surface area (Å²) in [5.41, 5.74) is 22.0. The zero-order valence-corrected chi connectivity index (χ0v) is 51.1. The number of benzene rings is 7. The van der Waals surface area contributed by atoms with E-state index in [0.29, 0.717) is 11.8 Å². The van der Waals surface area contributed by atoms with Gasteiger partial charge in [-0.15, -0.1) is 22.7 Å². The highest BCUT2D eigenvalue weighted by Gasteiger charge is 2.48. The van der Waals surface area contributed by atoms with Gasteiger partial charge in [-0.1, -0.05) is 187 Å². The fourth-order valence-electron chi connectivity index (χ4n) is 12.7. The summed E-state index contributed by atoms with van der Waals surface area (Å²) in [5.74, 6) is 7.21. The molecule has 414 valence electrons. The van der Waals surface area contributed by atoms with Gasteiger partial charge < -0.3 is 10.0 Å². The Morgan fingerprint density at radius 3 is 1.48 bits per heavy atom. The number of carboxylic acid groups (broad SMARTS) is 1. The van der Waals surface area contributed by atoms with Crippen molar-refractivity contribution in [1.29, 1.82) is 0 Å². The molecule has 82 heavy (non-hydrogen) atoms. The predicted molar refractivity (Wildman–Crippen MR) is 350 cm³/mol. The predicted octanol–water partition coefficient (Wildman–Crippen LogP) is 21.8. The lowest BCUT2D eigenvalue weighted by atomic mass is 9.70. The van der Waals surface area contributed by atoms with Gasteiger partial charge in [0.15, 0.2) is 0 Å². The van der Waals surface area contributed by atoms with Gasteiger partial charge in [0.2, 0.25) is 0 Å². The Kier molecular flexibility index (Phi) is 16.9. The average Bonchev–Trinajstić information content (AvgIpc) is 2.71. The van der Waals surface area contributed by atoms with Crippen molar-refractivity contribution in [3.05, 3.63) is 206 Å². The minimum absolute atomic E-state index is 0.122. The minimum atomic E-state index is -0.931. The third-order valence-corrected chi connectivity index (χ3v) is 20.4. The van der Waals surface area contributed by atoms with Gasteiger partial charge in [0.1, 0.15) is 11.0 Å². The molecule has 1 N–H and O–H groups in total. The van der Waals surface area contributed by atoms with Crippen LogP contribution in [0.3, 0.4) is 0 Å². The van der Waals surface area contributed by atoms with Crippen molar-refractivity contribution in [2.24, 2.45) is 11.8 Å². The Labute approximate surface area is 498 Å². The highest BCUT2D eigenvalue weighted by Crippen LogP contribution is 2.62. The average molecular weight is 1130 g/mol. The fourth-order valence-corrected chi connectivity index (χ4v) is 16.0. The second kappa shape index (κ2) is 24.6. The van der Waals surface area contributed by atoms with E-state index >= 15 is 0 Å². The van der Waals surface area contributed by atoms with Crippen LogP contribution in [-0.4, -0.2) is 19.8 Å². The van der Waals surface area contributed by atoms with E-state index in [2.05, 4.69) is 206 Å². The number of fused-ring (bicyclic) bond motifs is 4. The molecule has 2 atom stereocenters. The smallest absolute Gasteiger partial charge is 0.335 e. The van der Waals surface area contributed by atoms with E-state index in [1.54, 1.807) is 12.1 Å². The third kappa shape index (κ3) is 11.4. The lowest BCUT2D eigenvalue weighted by Crippen LogP contribution is -2.30. The molecule has 0 amide bonds. The van der Waals surface area contributed by atoms with Gasteiger partial charge in [-0.25, -0.2) is 4.79 Å². The fraction of sp³-hybridized carbons (Fsp3) is 0.284. The number of thiophene rings is 2. The molecular formula is C74H73N3O2S3. The van der Waals surface area contributed by atoms with Crippen molar-refractivity contribution < 1.29 is 9.90 Å². The lowest BCUT2D eigenvalue weighted by molar-refractivity contribution is 0.0697. The van der Waals surface area contributed by atoms with Gasteiger partial charge in [-0.3, -0.25) is 0 Å².